The fourth-order valence-corrected chi connectivity index (χ4v) is 3.28. The predicted octanol–water partition coefficient (Wildman–Crippen LogP) is 3.76. The lowest BCUT2D eigenvalue weighted by Gasteiger charge is -2.32. The van der Waals surface area contributed by atoms with Crippen LogP contribution in [0.3, 0.4) is 0 Å². The molecule has 1 fully saturated rings. The Morgan fingerprint density at radius 2 is 2.00 bits per heavy atom. The Morgan fingerprint density at radius 1 is 1.22 bits per heavy atom. The van der Waals surface area contributed by atoms with Crippen molar-refractivity contribution in [2.24, 2.45) is 0 Å². The van der Waals surface area contributed by atoms with Crippen molar-refractivity contribution < 1.29 is 9.53 Å². The van der Waals surface area contributed by atoms with Crippen LogP contribution in [0.15, 0.2) is 42.9 Å². The third-order valence-electron chi connectivity index (χ3n) is 5.01. The summed E-state index contributed by atoms with van der Waals surface area (Å²) in [4.78, 5) is 23.1. The smallest absolute Gasteiger partial charge is 0.255 e. The summed E-state index contributed by atoms with van der Waals surface area (Å²) in [5, 5.41) is 3.40. The first-order valence-corrected chi connectivity index (χ1v) is 9.78. The van der Waals surface area contributed by atoms with E-state index in [9.17, 15) is 4.79 Å². The molecule has 1 aliphatic rings. The van der Waals surface area contributed by atoms with Crippen molar-refractivity contribution >= 4 is 11.7 Å². The molecule has 1 saturated heterocycles. The number of nitrogens with one attached hydrogen (secondary N) is 1. The first-order chi connectivity index (χ1) is 13.2. The molecular weight excluding hydrogens is 340 g/mol. The zero-order valence-electron chi connectivity index (χ0n) is 16.1. The largest absolute Gasteiger partial charge is 0.489 e. The predicted molar refractivity (Wildman–Crippen MR) is 106 cm³/mol. The number of piperidine rings is 1. The topological polar surface area (TPSA) is 67.4 Å². The second-order valence-electron chi connectivity index (χ2n) is 6.89. The van der Waals surface area contributed by atoms with E-state index in [2.05, 4.69) is 29.1 Å². The summed E-state index contributed by atoms with van der Waals surface area (Å²) in [5.41, 5.74) is 0.636. The van der Waals surface area contributed by atoms with E-state index in [1.807, 2.05) is 29.2 Å². The third-order valence-corrected chi connectivity index (χ3v) is 5.01. The molecule has 3 heterocycles. The summed E-state index contributed by atoms with van der Waals surface area (Å²) in [6, 6.07) is 7.94. The first-order valence-electron chi connectivity index (χ1n) is 9.78. The molecule has 0 spiro atoms. The van der Waals surface area contributed by atoms with Crippen LogP contribution < -0.4 is 10.1 Å². The van der Waals surface area contributed by atoms with Crippen LogP contribution in [0.4, 0.5) is 5.82 Å². The van der Waals surface area contributed by atoms with Gasteiger partial charge in [0.1, 0.15) is 17.7 Å². The monoisotopic (exact) mass is 368 g/mol. The van der Waals surface area contributed by atoms with Crippen molar-refractivity contribution in [2.75, 3.05) is 18.4 Å². The molecule has 2 aromatic heterocycles. The maximum Gasteiger partial charge on any atom is 0.255 e. The Labute approximate surface area is 161 Å². The number of hydrogen-bond donors (Lipinski definition) is 1. The van der Waals surface area contributed by atoms with Crippen molar-refractivity contribution in [3.05, 3.63) is 48.4 Å². The van der Waals surface area contributed by atoms with Gasteiger partial charge >= 0.3 is 0 Å². The Hall–Kier alpha value is -2.63. The lowest BCUT2D eigenvalue weighted by Crippen LogP contribution is -2.41. The van der Waals surface area contributed by atoms with Gasteiger partial charge in [0, 0.05) is 44.4 Å². The van der Waals surface area contributed by atoms with Crippen molar-refractivity contribution in [1.29, 1.82) is 0 Å². The van der Waals surface area contributed by atoms with Gasteiger partial charge in [0.25, 0.3) is 5.91 Å². The molecule has 0 unspecified atom stereocenters. The molecule has 1 aliphatic heterocycles. The lowest BCUT2D eigenvalue weighted by molar-refractivity contribution is 0.0594. The van der Waals surface area contributed by atoms with Gasteiger partial charge in [-0.15, -0.1) is 0 Å². The summed E-state index contributed by atoms with van der Waals surface area (Å²) in [7, 11) is 0. The highest BCUT2D eigenvalue weighted by atomic mass is 16.5. The van der Waals surface area contributed by atoms with Crippen LogP contribution in [0, 0.1) is 0 Å². The number of likely N-dealkylation sites (tertiary alicyclic amines) is 1. The molecular formula is C21H28N4O2. The summed E-state index contributed by atoms with van der Waals surface area (Å²) in [5.74, 6) is 1.65. The minimum absolute atomic E-state index is 0.0383. The van der Waals surface area contributed by atoms with Crippen LogP contribution in [-0.2, 0) is 0 Å². The number of aromatic nitrogens is 2. The van der Waals surface area contributed by atoms with E-state index in [0.29, 0.717) is 24.7 Å². The van der Waals surface area contributed by atoms with Gasteiger partial charge in [-0.3, -0.25) is 9.78 Å². The molecule has 0 aliphatic carbocycles. The molecule has 144 valence electrons. The zero-order chi connectivity index (χ0) is 19.1. The van der Waals surface area contributed by atoms with Gasteiger partial charge < -0.3 is 15.0 Å². The number of hydrogen-bond acceptors (Lipinski definition) is 5. The molecule has 6 nitrogen and oxygen atoms in total. The molecule has 0 radical (unpaired) electrons. The highest BCUT2D eigenvalue weighted by molar-refractivity contribution is 5.94. The molecule has 1 amide bonds. The van der Waals surface area contributed by atoms with Gasteiger partial charge in [-0.05, 0) is 37.1 Å². The fraction of sp³-hybridized carbons (Fsp3) is 0.476. The minimum atomic E-state index is 0.0383. The van der Waals surface area contributed by atoms with Gasteiger partial charge in [-0.2, -0.15) is 0 Å². The molecule has 0 bridgehead atoms. The molecule has 3 rings (SSSR count). The van der Waals surface area contributed by atoms with E-state index in [0.717, 1.165) is 37.3 Å². The molecule has 0 aromatic carbocycles. The number of ether oxygens (including phenoxy) is 1. The number of carbonyl (C=O) groups excluding carboxylic acids is 1. The number of anilines is 1. The van der Waals surface area contributed by atoms with E-state index in [1.165, 1.54) is 0 Å². The average Bonchev–Trinajstić information content (AvgIpc) is 2.73. The van der Waals surface area contributed by atoms with Gasteiger partial charge in [0.15, 0.2) is 0 Å². The van der Waals surface area contributed by atoms with Crippen LogP contribution in [-0.4, -0.2) is 46.0 Å². The van der Waals surface area contributed by atoms with Crippen molar-refractivity contribution in [3.8, 4) is 5.75 Å². The quantitative estimate of drug-likeness (QED) is 0.806. The zero-order valence-corrected chi connectivity index (χ0v) is 16.1. The van der Waals surface area contributed by atoms with E-state index < -0.39 is 0 Å². The average molecular weight is 368 g/mol. The SMILES string of the molecule is CCC(CC)Nc1ccc(C(=O)N2CCC(Oc3cccnc3)CC2)cn1. The number of pyridine rings is 2. The van der Waals surface area contributed by atoms with Crippen molar-refractivity contribution in [3.63, 3.8) is 0 Å². The Balaban J connectivity index is 1.51. The highest BCUT2D eigenvalue weighted by Crippen LogP contribution is 2.20. The minimum Gasteiger partial charge on any atom is -0.489 e. The van der Waals surface area contributed by atoms with Crippen molar-refractivity contribution in [1.82, 2.24) is 14.9 Å². The van der Waals surface area contributed by atoms with Gasteiger partial charge in [-0.1, -0.05) is 13.8 Å². The van der Waals surface area contributed by atoms with E-state index in [1.54, 1.807) is 18.6 Å². The molecule has 0 atom stereocenters. The van der Waals surface area contributed by atoms with Crippen LogP contribution >= 0.6 is 0 Å². The normalized spacial score (nSPS) is 15.0. The Kier molecular flexibility index (Phi) is 6.63. The maximum atomic E-state index is 12.7. The van der Waals surface area contributed by atoms with Gasteiger partial charge in [0.2, 0.25) is 0 Å². The van der Waals surface area contributed by atoms with Crippen LogP contribution in [0.1, 0.15) is 49.9 Å². The summed E-state index contributed by atoms with van der Waals surface area (Å²) < 4.78 is 5.94. The molecule has 2 aromatic rings. The third kappa shape index (κ3) is 5.18. The highest BCUT2D eigenvalue weighted by Gasteiger charge is 2.25. The second kappa shape index (κ2) is 9.35. The molecule has 27 heavy (non-hydrogen) atoms. The first kappa shape index (κ1) is 19.1. The molecule has 1 N–H and O–H groups in total. The molecule has 0 saturated carbocycles. The second-order valence-corrected chi connectivity index (χ2v) is 6.89. The van der Waals surface area contributed by atoms with Gasteiger partial charge in [0.05, 0.1) is 11.8 Å². The standard InChI is InChI=1S/C21H28N4O2/c1-3-17(4-2)24-20-8-7-16(14-23-20)21(26)25-12-9-18(10-13-25)27-19-6-5-11-22-15-19/h5-8,11,14-15,17-18H,3-4,9-10,12-13H2,1-2H3,(H,23,24). The van der Waals surface area contributed by atoms with Gasteiger partial charge in [-0.25, -0.2) is 4.98 Å². The van der Waals surface area contributed by atoms with Crippen LogP contribution in [0.5, 0.6) is 5.75 Å². The van der Waals surface area contributed by atoms with Crippen molar-refractivity contribution in [2.45, 2.75) is 51.7 Å². The van der Waals surface area contributed by atoms with E-state index in [4.69, 9.17) is 4.74 Å². The summed E-state index contributed by atoms with van der Waals surface area (Å²) >= 11 is 0. The Bertz CT molecular complexity index is 709. The summed E-state index contributed by atoms with van der Waals surface area (Å²) in [6.45, 7) is 5.69. The van der Waals surface area contributed by atoms with Crippen LogP contribution in [0.2, 0.25) is 0 Å². The Morgan fingerprint density at radius 3 is 2.59 bits per heavy atom. The van der Waals surface area contributed by atoms with E-state index in [-0.39, 0.29) is 12.0 Å². The molecule has 6 heteroatoms. The summed E-state index contributed by atoms with van der Waals surface area (Å²) in [6.07, 6.45) is 9.00. The number of carbonyl (C=O) groups is 1. The number of nitrogens with zero attached hydrogens (tertiary/aromatic N) is 3. The van der Waals surface area contributed by atoms with E-state index >= 15 is 0 Å². The van der Waals surface area contributed by atoms with Crippen LogP contribution in [0.25, 0.3) is 0 Å². The lowest BCUT2D eigenvalue weighted by atomic mass is 10.1. The maximum absolute atomic E-state index is 12.7. The number of amides is 1. The fourth-order valence-electron chi connectivity index (χ4n) is 3.28. The number of rotatable bonds is 7.